The maximum atomic E-state index is 11.8. The zero-order valence-corrected chi connectivity index (χ0v) is 13.8. The Balaban J connectivity index is 1.99. The normalized spacial score (nSPS) is 18.9. The molecule has 10 nitrogen and oxygen atoms in total. The van der Waals surface area contributed by atoms with Crippen molar-refractivity contribution >= 4 is 38.9 Å². The van der Waals surface area contributed by atoms with Gasteiger partial charge in [-0.1, -0.05) is 0 Å². The summed E-state index contributed by atoms with van der Waals surface area (Å²) in [6.45, 7) is 0. The molecule has 0 aliphatic carbocycles. The summed E-state index contributed by atoms with van der Waals surface area (Å²) in [6, 6.07) is 2.73. The van der Waals surface area contributed by atoms with Gasteiger partial charge in [0.2, 0.25) is 5.91 Å². The molecule has 0 spiro atoms. The number of rotatable bonds is 6. The molecule has 1 aliphatic heterocycles. The van der Waals surface area contributed by atoms with Crippen LogP contribution in [0.5, 0.6) is 0 Å². The van der Waals surface area contributed by atoms with Crippen molar-refractivity contribution in [2.75, 3.05) is 17.3 Å². The van der Waals surface area contributed by atoms with E-state index >= 15 is 0 Å². The van der Waals surface area contributed by atoms with Crippen molar-refractivity contribution in [3.05, 3.63) is 38.4 Å². The second kappa shape index (κ2) is 7.13. The molecule has 0 bridgehead atoms. The van der Waals surface area contributed by atoms with Crippen LogP contribution < -0.4 is 5.32 Å². The predicted molar refractivity (Wildman–Crippen MR) is 85.7 cm³/mol. The summed E-state index contributed by atoms with van der Waals surface area (Å²) in [6.07, 6.45) is 0.344. The van der Waals surface area contributed by atoms with Crippen LogP contribution in [0.4, 0.5) is 11.4 Å². The first kappa shape index (κ1) is 18.1. The maximum Gasteiger partial charge on any atom is 0.289 e. The third kappa shape index (κ3) is 4.64. The number of carbonyl (C=O) groups is 1. The molecular weight excluding hydrogens is 362 g/mol. The van der Waals surface area contributed by atoms with Gasteiger partial charge in [-0.25, -0.2) is 8.42 Å². The number of nitro groups is 2. The van der Waals surface area contributed by atoms with Crippen LogP contribution in [0.2, 0.25) is 0 Å². The Morgan fingerprint density at radius 1 is 1.29 bits per heavy atom. The molecule has 1 aliphatic rings. The van der Waals surface area contributed by atoms with Crippen LogP contribution in [0.25, 0.3) is 0 Å². The Bertz CT molecular complexity index is 794. The van der Waals surface area contributed by atoms with Gasteiger partial charge in [0.05, 0.1) is 38.1 Å². The average molecular weight is 375 g/mol. The number of nitrogens with zero attached hydrogens (tertiary/aromatic N) is 2. The molecule has 1 amide bonds. The zero-order valence-electron chi connectivity index (χ0n) is 12.2. The van der Waals surface area contributed by atoms with Gasteiger partial charge in [-0.05, 0) is 12.5 Å². The fourth-order valence-corrected chi connectivity index (χ4v) is 4.69. The molecule has 0 aromatic heterocycles. The zero-order chi connectivity index (χ0) is 17.9. The van der Waals surface area contributed by atoms with Gasteiger partial charge in [0, 0.05) is 12.1 Å². The van der Waals surface area contributed by atoms with Crippen molar-refractivity contribution in [3.63, 3.8) is 0 Å². The third-order valence-electron chi connectivity index (χ3n) is 3.31. The number of hydrogen-bond donors (Lipinski definition) is 1. The number of non-ortho nitro benzene ring substituents is 1. The minimum Gasteiger partial charge on any atom is -0.352 e. The molecule has 1 fully saturated rings. The van der Waals surface area contributed by atoms with E-state index in [4.69, 9.17) is 0 Å². The van der Waals surface area contributed by atoms with E-state index in [9.17, 15) is 33.4 Å². The van der Waals surface area contributed by atoms with Gasteiger partial charge in [0.15, 0.2) is 9.84 Å². The number of nitrogens with one attached hydrogen (secondary N) is 1. The van der Waals surface area contributed by atoms with E-state index < -0.39 is 43.0 Å². The summed E-state index contributed by atoms with van der Waals surface area (Å²) in [4.78, 5) is 32.1. The highest BCUT2D eigenvalue weighted by Crippen LogP contribution is 2.32. The maximum absolute atomic E-state index is 11.8. The number of hydrogen-bond acceptors (Lipinski definition) is 8. The molecule has 0 unspecified atom stereocenters. The van der Waals surface area contributed by atoms with Crippen molar-refractivity contribution in [2.24, 2.45) is 0 Å². The van der Waals surface area contributed by atoms with E-state index in [1.165, 1.54) is 6.07 Å². The van der Waals surface area contributed by atoms with Crippen molar-refractivity contribution in [1.29, 1.82) is 0 Å². The number of carbonyl (C=O) groups excluding carboxylic acids is 1. The highest BCUT2D eigenvalue weighted by molar-refractivity contribution is 8.00. The molecule has 1 aromatic rings. The lowest BCUT2D eigenvalue weighted by Gasteiger charge is -2.10. The smallest absolute Gasteiger partial charge is 0.289 e. The van der Waals surface area contributed by atoms with E-state index in [1.54, 1.807) is 0 Å². The lowest BCUT2D eigenvalue weighted by molar-refractivity contribution is -0.396. The van der Waals surface area contributed by atoms with Gasteiger partial charge < -0.3 is 5.32 Å². The van der Waals surface area contributed by atoms with Gasteiger partial charge in [0.1, 0.15) is 0 Å². The fraction of sp³-hybridized carbons (Fsp3) is 0.417. The highest BCUT2D eigenvalue weighted by atomic mass is 32.2. The SMILES string of the molecule is O=C(CSc1ccc([N+](=O)[O-])cc1[N+](=O)[O-])N[C@@H]1CCS(=O)(=O)C1. The Morgan fingerprint density at radius 3 is 2.54 bits per heavy atom. The van der Waals surface area contributed by atoms with Crippen LogP contribution in [0.15, 0.2) is 23.1 Å². The molecule has 1 saturated heterocycles. The van der Waals surface area contributed by atoms with Crippen molar-refractivity contribution in [2.45, 2.75) is 17.4 Å². The molecular formula is C12H13N3O7S2. The molecule has 2 rings (SSSR count). The minimum atomic E-state index is -3.11. The van der Waals surface area contributed by atoms with Crippen molar-refractivity contribution in [3.8, 4) is 0 Å². The van der Waals surface area contributed by atoms with Gasteiger partial charge >= 0.3 is 0 Å². The lowest BCUT2D eigenvalue weighted by atomic mass is 10.3. The number of thioether (sulfide) groups is 1. The quantitative estimate of drug-likeness (QED) is 0.438. The van der Waals surface area contributed by atoms with Crippen molar-refractivity contribution in [1.82, 2.24) is 5.32 Å². The monoisotopic (exact) mass is 375 g/mol. The van der Waals surface area contributed by atoms with E-state index in [-0.39, 0.29) is 22.2 Å². The molecule has 1 aromatic carbocycles. The van der Waals surface area contributed by atoms with Crippen LogP contribution >= 0.6 is 11.8 Å². The topological polar surface area (TPSA) is 150 Å². The summed E-state index contributed by atoms with van der Waals surface area (Å²) < 4.78 is 22.6. The van der Waals surface area contributed by atoms with E-state index in [2.05, 4.69) is 5.32 Å². The van der Waals surface area contributed by atoms with E-state index in [0.717, 1.165) is 23.9 Å². The first-order valence-electron chi connectivity index (χ1n) is 6.73. The van der Waals surface area contributed by atoms with Gasteiger partial charge in [-0.3, -0.25) is 25.0 Å². The van der Waals surface area contributed by atoms with E-state index in [1.807, 2.05) is 0 Å². The minimum absolute atomic E-state index is 0.0267. The summed E-state index contributed by atoms with van der Waals surface area (Å²) in [5.41, 5.74) is -0.864. The molecule has 1 atom stereocenters. The van der Waals surface area contributed by atoms with Crippen LogP contribution in [0.3, 0.4) is 0 Å². The Morgan fingerprint density at radius 2 is 2.00 bits per heavy atom. The van der Waals surface area contributed by atoms with E-state index in [0.29, 0.717) is 6.42 Å². The van der Waals surface area contributed by atoms with Crippen molar-refractivity contribution < 1.29 is 23.1 Å². The molecule has 0 radical (unpaired) electrons. The van der Waals surface area contributed by atoms with Gasteiger partial charge in [-0.15, -0.1) is 11.8 Å². The summed E-state index contributed by atoms with van der Waals surface area (Å²) in [7, 11) is -3.11. The van der Waals surface area contributed by atoms with Crippen LogP contribution in [0, 0.1) is 20.2 Å². The highest BCUT2D eigenvalue weighted by Gasteiger charge is 2.29. The number of benzene rings is 1. The molecule has 1 heterocycles. The Hall–Kier alpha value is -2.21. The lowest BCUT2D eigenvalue weighted by Crippen LogP contribution is -2.36. The second-order valence-electron chi connectivity index (χ2n) is 5.12. The number of sulfone groups is 1. The van der Waals surface area contributed by atoms with Crippen LogP contribution in [-0.2, 0) is 14.6 Å². The Kier molecular flexibility index (Phi) is 5.39. The average Bonchev–Trinajstić information content (AvgIpc) is 2.83. The molecule has 12 heteroatoms. The number of nitro benzene ring substituents is 2. The molecule has 1 N–H and O–H groups in total. The molecule has 0 saturated carbocycles. The first-order valence-corrected chi connectivity index (χ1v) is 9.54. The first-order chi connectivity index (χ1) is 11.2. The molecule has 130 valence electrons. The van der Waals surface area contributed by atoms with Crippen LogP contribution in [-0.4, -0.2) is 47.5 Å². The largest absolute Gasteiger partial charge is 0.352 e. The standard InChI is InChI=1S/C12H13N3O7S2/c16-12(13-8-3-4-24(21,22)7-8)6-23-11-2-1-9(14(17)18)5-10(11)15(19)20/h1-2,5,8H,3-4,6-7H2,(H,13,16)/t8-/m1/s1. The fourth-order valence-electron chi connectivity index (χ4n) is 2.21. The summed E-state index contributed by atoms with van der Waals surface area (Å²) in [5, 5.41) is 24.2. The Labute approximate surface area is 140 Å². The molecule has 24 heavy (non-hydrogen) atoms. The predicted octanol–water partition coefficient (Wildman–Crippen LogP) is 0.898. The summed E-state index contributed by atoms with van der Waals surface area (Å²) in [5.74, 6) is -0.690. The third-order valence-corrected chi connectivity index (χ3v) is 6.14. The van der Waals surface area contributed by atoms with Gasteiger partial charge in [0.25, 0.3) is 11.4 Å². The van der Waals surface area contributed by atoms with Gasteiger partial charge in [-0.2, -0.15) is 0 Å². The number of amides is 1. The second-order valence-corrected chi connectivity index (χ2v) is 8.37. The summed E-state index contributed by atoms with van der Waals surface area (Å²) >= 11 is 0.861. The van der Waals surface area contributed by atoms with Crippen LogP contribution in [0.1, 0.15) is 6.42 Å².